The lowest BCUT2D eigenvalue weighted by Crippen LogP contribution is -2.21. The Hall–Kier alpha value is -1.34. The highest BCUT2D eigenvalue weighted by Gasteiger charge is 2.15. The van der Waals surface area contributed by atoms with Gasteiger partial charge in [-0.15, -0.1) is 0 Å². The Labute approximate surface area is 110 Å². The molecule has 1 heterocycles. The molecule has 0 unspecified atom stereocenters. The average molecular weight is 248 g/mol. The molecule has 1 rings (SSSR count). The van der Waals surface area contributed by atoms with Crippen LogP contribution in [0.1, 0.15) is 38.9 Å². The number of hydrogen-bond acceptors (Lipinski definition) is 3. The molecule has 0 aliphatic carbocycles. The predicted octanol–water partition coefficient (Wildman–Crippen LogP) is 2.57. The highest BCUT2D eigenvalue weighted by atomic mass is 15.1. The first kappa shape index (κ1) is 14.7. The molecular formula is C14H24N4. The highest BCUT2D eigenvalue weighted by Crippen LogP contribution is 2.21. The fourth-order valence-corrected chi connectivity index (χ4v) is 1.87. The van der Waals surface area contributed by atoms with Crippen LogP contribution in [0.5, 0.6) is 0 Å². The molecular weight excluding hydrogens is 224 g/mol. The van der Waals surface area contributed by atoms with Crippen molar-refractivity contribution in [1.82, 2.24) is 14.5 Å². The van der Waals surface area contributed by atoms with Crippen molar-refractivity contribution in [2.45, 2.75) is 39.7 Å². The molecule has 1 aromatic rings. The summed E-state index contributed by atoms with van der Waals surface area (Å²) in [6.07, 6.45) is 7.01. The van der Waals surface area contributed by atoms with Crippen LogP contribution in [0.4, 0.5) is 0 Å². The summed E-state index contributed by atoms with van der Waals surface area (Å²) in [6.45, 7) is 5.94. The fraction of sp³-hybridized carbons (Fsp3) is 0.714. The number of nitrogens with zero attached hydrogens (tertiary/aromatic N) is 4. The lowest BCUT2D eigenvalue weighted by molar-refractivity contribution is 0.298. The molecule has 0 spiro atoms. The van der Waals surface area contributed by atoms with Gasteiger partial charge in [-0.25, -0.2) is 4.98 Å². The van der Waals surface area contributed by atoms with Crippen LogP contribution in [0.15, 0.2) is 12.4 Å². The minimum atomic E-state index is -0.182. The molecule has 0 aliphatic rings. The Kier molecular flexibility index (Phi) is 5.36. The topological polar surface area (TPSA) is 44.9 Å². The van der Waals surface area contributed by atoms with Gasteiger partial charge in [-0.2, -0.15) is 5.26 Å². The molecule has 0 aliphatic heterocycles. The minimum Gasteiger partial charge on any atom is -0.337 e. The van der Waals surface area contributed by atoms with Crippen LogP contribution in [-0.4, -0.2) is 28.0 Å². The summed E-state index contributed by atoms with van der Waals surface area (Å²) < 4.78 is 2.05. The molecule has 1 aromatic heterocycles. The van der Waals surface area contributed by atoms with Crippen LogP contribution < -0.4 is 0 Å². The number of unbranched alkanes of at least 4 members (excludes halogenated alkanes) is 1. The number of nitriles is 1. The molecule has 0 bridgehead atoms. The van der Waals surface area contributed by atoms with Crippen molar-refractivity contribution in [3.8, 4) is 6.07 Å². The van der Waals surface area contributed by atoms with Gasteiger partial charge in [0.2, 0.25) is 0 Å². The highest BCUT2D eigenvalue weighted by molar-refractivity contribution is 4.92. The second-order valence-corrected chi connectivity index (χ2v) is 5.64. The lowest BCUT2D eigenvalue weighted by atomic mass is 9.89. The Morgan fingerprint density at radius 2 is 2.17 bits per heavy atom. The molecule has 0 saturated carbocycles. The van der Waals surface area contributed by atoms with Gasteiger partial charge >= 0.3 is 0 Å². The number of imidazole rings is 1. The zero-order chi connectivity index (χ0) is 13.6. The smallest absolute Gasteiger partial charge is 0.122 e. The van der Waals surface area contributed by atoms with E-state index in [1.807, 2.05) is 33.3 Å². The van der Waals surface area contributed by atoms with Crippen LogP contribution in [0, 0.1) is 16.7 Å². The summed E-state index contributed by atoms with van der Waals surface area (Å²) in [5, 5.41) is 8.93. The zero-order valence-corrected chi connectivity index (χ0v) is 12.0. The third-order valence-electron chi connectivity index (χ3n) is 3.23. The quantitative estimate of drug-likeness (QED) is 0.697. The van der Waals surface area contributed by atoms with Gasteiger partial charge in [-0.1, -0.05) is 6.42 Å². The Morgan fingerprint density at radius 1 is 1.44 bits per heavy atom. The van der Waals surface area contributed by atoms with Gasteiger partial charge in [0.15, 0.2) is 0 Å². The maximum atomic E-state index is 8.93. The summed E-state index contributed by atoms with van der Waals surface area (Å²) in [7, 11) is 4.13. The largest absolute Gasteiger partial charge is 0.337 e. The van der Waals surface area contributed by atoms with Crippen molar-refractivity contribution in [2.24, 2.45) is 12.5 Å². The van der Waals surface area contributed by atoms with E-state index >= 15 is 0 Å². The van der Waals surface area contributed by atoms with Gasteiger partial charge in [0.25, 0.3) is 0 Å². The molecule has 4 nitrogen and oxygen atoms in total. The molecule has 4 heteroatoms. The zero-order valence-electron chi connectivity index (χ0n) is 12.0. The molecule has 0 N–H and O–H groups in total. The van der Waals surface area contributed by atoms with E-state index in [9.17, 15) is 0 Å². The van der Waals surface area contributed by atoms with Gasteiger partial charge in [0, 0.05) is 19.4 Å². The lowest BCUT2D eigenvalue weighted by Gasteiger charge is -2.18. The van der Waals surface area contributed by atoms with Crippen molar-refractivity contribution < 1.29 is 0 Å². The van der Waals surface area contributed by atoms with E-state index in [-0.39, 0.29) is 5.41 Å². The normalized spacial score (nSPS) is 11.8. The molecule has 0 radical (unpaired) electrons. The summed E-state index contributed by atoms with van der Waals surface area (Å²) in [5.74, 6) is 1.09. The minimum absolute atomic E-state index is 0.182. The fourth-order valence-electron chi connectivity index (χ4n) is 1.87. The van der Waals surface area contributed by atoms with E-state index < -0.39 is 0 Å². The monoisotopic (exact) mass is 248 g/mol. The van der Waals surface area contributed by atoms with Crippen LogP contribution >= 0.6 is 0 Å². The third kappa shape index (κ3) is 4.89. The van der Waals surface area contributed by atoms with E-state index in [1.165, 1.54) is 0 Å². The second kappa shape index (κ2) is 6.55. The molecule has 0 fully saturated rings. The predicted molar refractivity (Wildman–Crippen MR) is 72.8 cm³/mol. The maximum absolute atomic E-state index is 8.93. The molecule has 18 heavy (non-hydrogen) atoms. The first-order valence-electron chi connectivity index (χ1n) is 6.50. The SMILES string of the molecule is CN(CCCCC(C)(C)C#N)Cc1nccn1C. The van der Waals surface area contributed by atoms with Crippen molar-refractivity contribution in [1.29, 1.82) is 5.26 Å². The molecule has 100 valence electrons. The van der Waals surface area contributed by atoms with Crippen molar-refractivity contribution in [3.63, 3.8) is 0 Å². The van der Waals surface area contributed by atoms with E-state index in [1.54, 1.807) is 0 Å². The first-order valence-corrected chi connectivity index (χ1v) is 6.50. The summed E-state index contributed by atoms with van der Waals surface area (Å²) in [5.41, 5.74) is -0.182. The van der Waals surface area contributed by atoms with Crippen LogP contribution in [0.25, 0.3) is 0 Å². The number of hydrogen-bond donors (Lipinski definition) is 0. The van der Waals surface area contributed by atoms with E-state index in [4.69, 9.17) is 5.26 Å². The average Bonchev–Trinajstić information content (AvgIpc) is 2.71. The Bertz CT molecular complexity index is 400. The summed E-state index contributed by atoms with van der Waals surface area (Å²) in [4.78, 5) is 6.59. The standard InChI is InChI=1S/C14H24N4/c1-14(2,12-15)7-5-6-9-17(3)11-13-16-8-10-18(13)4/h8,10H,5-7,9,11H2,1-4H3. The van der Waals surface area contributed by atoms with Crippen molar-refractivity contribution in [2.75, 3.05) is 13.6 Å². The summed E-state index contributed by atoms with van der Waals surface area (Å²) >= 11 is 0. The van der Waals surface area contributed by atoms with E-state index in [2.05, 4.69) is 27.6 Å². The van der Waals surface area contributed by atoms with Gasteiger partial charge in [0.1, 0.15) is 5.82 Å². The van der Waals surface area contributed by atoms with Gasteiger partial charge in [-0.3, -0.25) is 4.90 Å². The van der Waals surface area contributed by atoms with E-state index in [0.717, 1.165) is 38.2 Å². The van der Waals surface area contributed by atoms with Crippen molar-refractivity contribution in [3.05, 3.63) is 18.2 Å². The number of rotatable bonds is 7. The first-order chi connectivity index (χ1) is 8.44. The Balaban J connectivity index is 2.21. The second-order valence-electron chi connectivity index (χ2n) is 5.64. The van der Waals surface area contributed by atoms with Crippen LogP contribution in [0.3, 0.4) is 0 Å². The van der Waals surface area contributed by atoms with Gasteiger partial charge in [0.05, 0.1) is 18.0 Å². The summed E-state index contributed by atoms with van der Waals surface area (Å²) in [6, 6.07) is 2.35. The van der Waals surface area contributed by atoms with Crippen LogP contribution in [0.2, 0.25) is 0 Å². The molecule has 0 atom stereocenters. The Morgan fingerprint density at radius 3 is 2.72 bits per heavy atom. The third-order valence-corrected chi connectivity index (χ3v) is 3.23. The maximum Gasteiger partial charge on any atom is 0.122 e. The van der Waals surface area contributed by atoms with Gasteiger partial charge in [-0.05, 0) is 40.3 Å². The molecule has 0 amide bonds. The van der Waals surface area contributed by atoms with Crippen LogP contribution in [-0.2, 0) is 13.6 Å². The van der Waals surface area contributed by atoms with Gasteiger partial charge < -0.3 is 4.57 Å². The molecule has 0 saturated heterocycles. The number of aryl methyl sites for hydroxylation is 1. The molecule has 0 aromatic carbocycles. The van der Waals surface area contributed by atoms with Crippen molar-refractivity contribution >= 4 is 0 Å². The number of aromatic nitrogens is 2. The van der Waals surface area contributed by atoms with E-state index in [0.29, 0.717) is 0 Å².